The predicted molar refractivity (Wildman–Crippen MR) is 79.5 cm³/mol. The van der Waals surface area contributed by atoms with Crippen molar-refractivity contribution >= 4 is 35.6 Å². The van der Waals surface area contributed by atoms with Crippen molar-refractivity contribution in [2.45, 2.75) is 25.3 Å². The van der Waals surface area contributed by atoms with Crippen molar-refractivity contribution < 1.29 is 9.53 Å². The first kappa shape index (κ1) is 16.1. The number of carbonyl (C=O) groups is 1. The molecule has 4 nitrogen and oxygen atoms in total. The number of amides is 1. The molecule has 0 radical (unpaired) electrons. The highest BCUT2D eigenvalue weighted by Gasteiger charge is 2.20. The molecular weight excluding hydrogens is 287 g/mol. The number of carbonyl (C=O) groups excluding carboxylic acids is 1. The van der Waals surface area contributed by atoms with Crippen LogP contribution >= 0.6 is 24.0 Å². The van der Waals surface area contributed by atoms with Crippen LogP contribution in [0.5, 0.6) is 5.75 Å². The zero-order valence-electron chi connectivity index (χ0n) is 10.7. The fraction of sp³-hybridized carbons (Fsp3) is 0.462. The summed E-state index contributed by atoms with van der Waals surface area (Å²) in [5.74, 6) is 0.560. The van der Waals surface area contributed by atoms with E-state index < -0.39 is 0 Å². The van der Waals surface area contributed by atoms with Gasteiger partial charge in [0.25, 0.3) is 0 Å². The van der Waals surface area contributed by atoms with Crippen LogP contribution in [0.3, 0.4) is 0 Å². The normalized spacial score (nSPS) is 18.3. The Labute approximate surface area is 124 Å². The molecule has 106 valence electrons. The van der Waals surface area contributed by atoms with E-state index in [1.807, 2.05) is 0 Å². The summed E-state index contributed by atoms with van der Waals surface area (Å²) in [4.78, 5) is 12.0. The average Bonchev–Trinajstić information content (AvgIpc) is 2.42. The highest BCUT2D eigenvalue weighted by Crippen LogP contribution is 2.27. The van der Waals surface area contributed by atoms with E-state index in [1.165, 1.54) is 0 Å². The van der Waals surface area contributed by atoms with Crippen LogP contribution in [0.1, 0.15) is 19.3 Å². The third kappa shape index (κ3) is 4.27. The number of halogens is 2. The molecule has 0 saturated carbocycles. The highest BCUT2D eigenvalue weighted by atomic mass is 35.5. The van der Waals surface area contributed by atoms with Gasteiger partial charge in [-0.05, 0) is 31.5 Å². The molecule has 0 bridgehead atoms. The molecule has 2 rings (SSSR count). The lowest BCUT2D eigenvalue weighted by molar-refractivity contribution is -0.118. The fourth-order valence-corrected chi connectivity index (χ4v) is 2.24. The second-order valence-electron chi connectivity index (χ2n) is 4.34. The second-order valence-corrected chi connectivity index (χ2v) is 4.75. The number of hydrogen-bond acceptors (Lipinski definition) is 3. The minimum atomic E-state index is -0.0968. The molecule has 0 spiro atoms. The molecular formula is C13H18Cl2N2O2. The lowest BCUT2D eigenvalue weighted by Gasteiger charge is -2.22. The molecule has 1 aromatic rings. The van der Waals surface area contributed by atoms with Gasteiger partial charge in [0.1, 0.15) is 5.75 Å². The fourth-order valence-electron chi connectivity index (χ4n) is 2.04. The molecule has 1 amide bonds. The quantitative estimate of drug-likeness (QED) is 0.903. The van der Waals surface area contributed by atoms with Crippen LogP contribution < -0.4 is 15.4 Å². The summed E-state index contributed by atoms with van der Waals surface area (Å²) in [6.07, 6.45) is 3.12. The van der Waals surface area contributed by atoms with Crippen LogP contribution in [0.15, 0.2) is 18.2 Å². The molecule has 1 fully saturated rings. The number of rotatable bonds is 3. The van der Waals surface area contributed by atoms with Crippen molar-refractivity contribution in [3.05, 3.63) is 23.2 Å². The van der Waals surface area contributed by atoms with Crippen LogP contribution in [0.2, 0.25) is 5.02 Å². The Morgan fingerprint density at radius 2 is 2.26 bits per heavy atom. The van der Waals surface area contributed by atoms with Gasteiger partial charge < -0.3 is 15.4 Å². The van der Waals surface area contributed by atoms with Crippen molar-refractivity contribution in [1.29, 1.82) is 0 Å². The van der Waals surface area contributed by atoms with Gasteiger partial charge in [-0.1, -0.05) is 18.0 Å². The highest BCUT2D eigenvalue weighted by molar-refractivity contribution is 6.32. The number of hydrogen-bond donors (Lipinski definition) is 2. The van der Waals surface area contributed by atoms with Gasteiger partial charge in [-0.25, -0.2) is 0 Å². The first-order valence-electron chi connectivity index (χ1n) is 6.08. The zero-order chi connectivity index (χ0) is 13.0. The minimum absolute atomic E-state index is 0. The first-order valence-corrected chi connectivity index (χ1v) is 6.46. The van der Waals surface area contributed by atoms with Crippen LogP contribution in [0, 0.1) is 0 Å². The standard InChI is InChI=1S/C13H17ClN2O2.ClH/c1-18-12-8-9(5-6-10(12)14)16-13(17)11-4-2-3-7-15-11;/h5-6,8,11,15H,2-4,7H2,1H3,(H,16,17);1H/t11-;/m0./s1. The Balaban J connectivity index is 0.00000180. The molecule has 0 aromatic heterocycles. The van der Waals surface area contributed by atoms with Gasteiger partial charge in [-0.3, -0.25) is 4.79 Å². The Morgan fingerprint density at radius 3 is 2.89 bits per heavy atom. The monoisotopic (exact) mass is 304 g/mol. The van der Waals surface area contributed by atoms with Gasteiger partial charge in [-0.15, -0.1) is 12.4 Å². The van der Waals surface area contributed by atoms with Crippen molar-refractivity contribution in [3.63, 3.8) is 0 Å². The van der Waals surface area contributed by atoms with E-state index >= 15 is 0 Å². The Kier molecular flexibility index (Phi) is 6.42. The number of benzene rings is 1. The summed E-state index contributed by atoms with van der Waals surface area (Å²) >= 11 is 5.93. The van der Waals surface area contributed by atoms with Crippen LogP contribution in [-0.2, 0) is 4.79 Å². The number of anilines is 1. The Hall–Kier alpha value is -0.970. The minimum Gasteiger partial charge on any atom is -0.495 e. The SMILES string of the molecule is COc1cc(NC(=O)[C@@H]2CCCCN2)ccc1Cl.Cl. The summed E-state index contributed by atoms with van der Waals surface area (Å²) in [5.41, 5.74) is 0.702. The molecule has 19 heavy (non-hydrogen) atoms. The molecule has 0 aliphatic carbocycles. The van der Waals surface area contributed by atoms with E-state index in [1.54, 1.807) is 25.3 Å². The van der Waals surface area contributed by atoms with Crippen LogP contribution in [0.4, 0.5) is 5.69 Å². The van der Waals surface area contributed by atoms with Gasteiger partial charge in [0.2, 0.25) is 5.91 Å². The van der Waals surface area contributed by atoms with E-state index in [2.05, 4.69) is 10.6 Å². The van der Waals surface area contributed by atoms with Crippen LogP contribution in [-0.4, -0.2) is 25.6 Å². The molecule has 1 heterocycles. The summed E-state index contributed by atoms with van der Waals surface area (Å²) in [5, 5.41) is 6.62. The van der Waals surface area contributed by atoms with Crippen molar-refractivity contribution in [1.82, 2.24) is 5.32 Å². The molecule has 1 saturated heterocycles. The molecule has 2 N–H and O–H groups in total. The van der Waals surface area contributed by atoms with Crippen molar-refractivity contribution in [2.24, 2.45) is 0 Å². The Morgan fingerprint density at radius 1 is 1.47 bits per heavy atom. The van der Waals surface area contributed by atoms with Crippen LogP contribution in [0.25, 0.3) is 0 Å². The number of methoxy groups -OCH3 is 1. The molecule has 1 aromatic carbocycles. The van der Waals surface area contributed by atoms with Crippen molar-refractivity contribution in [3.8, 4) is 5.75 Å². The smallest absolute Gasteiger partial charge is 0.241 e. The van der Waals surface area contributed by atoms with E-state index in [0.717, 1.165) is 25.8 Å². The van der Waals surface area contributed by atoms with Gasteiger partial charge in [0, 0.05) is 11.8 Å². The molecule has 0 unspecified atom stereocenters. The van der Waals surface area contributed by atoms with Crippen molar-refractivity contribution in [2.75, 3.05) is 19.0 Å². The maximum absolute atomic E-state index is 12.0. The molecule has 1 aliphatic heterocycles. The number of ether oxygens (including phenoxy) is 1. The van der Waals surface area contributed by atoms with E-state index in [0.29, 0.717) is 16.5 Å². The average molecular weight is 305 g/mol. The first-order chi connectivity index (χ1) is 8.70. The zero-order valence-corrected chi connectivity index (χ0v) is 12.3. The molecule has 6 heteroatoms. The van der Waals surface area contributed by atoms with E-state index in [9.17, 15) is 4.79 Å². The maximum Gasteiger partial charge on any atom is 0.241 e. The second kappa shape index (κ2) is 7.58. The summed E-state index contributed by atoms with van der Waals surface area (Å²) in [6, 6.07) is 5.11. The summed E-state index contributed by atoms with van der Waals surface area (Å²) in [7, 11) is 1.55. The van der Waals surface area contributed by atoms with Gasteiger partial charge in [0.05, 0.1) is 18.2 Å². The van der Waals surface area contributed by atoms with Gasteiger partial charge in [0.15, 0.2) is 0 Å². The summed E-state index contributed by atoms with van der Waals surface area (Å²) < 4.78 is 5.11. The number of nitrogens with one attached hydrogen (secondary N) is 2. The summed E-state index contributed by atoms with van der Waals surface area (Å²) in [6.45, 7) is 0.905. The third-order valence-corrected chi connectivity index (χ3v) is 3.36. The van der Waals surface area contributed by atoms with Gasteiger partial charge in [-0.2, -0.15) is 0 Å². The maximum atomic E-state index is 12.0. The lowest BCUT2D eigenvalue weighted by atomic mass is 10.0. The van der Waals surface area contributed by atoms with E-state index in [-0.39, 0.29) is 24.4 Å². The van der Waals surface area contributed by atoms with Gasteiger partial charge >= 0.3 is 0 Å². The molecule has 1 aliphatic rings. The van der Waals surface area contributed by atoms with E-state index in [4.69, 9.17) is 16.3 Å². The topological polar surface area (TPSA) is 50.4 Å². The number of piperidine rings is 1. The third-order valence-electron chi connectivity index (χ3n) is 3.05. The predicted octanol–water partition coefficient (Wildman–Crippen LogP) is 2.85. The largest absolute Gasteiger partial charge is 0.495 e. The Bertz CT molecular complexity index is 435. The molecule has 1 atom stereocenters. The lowest BCUT2D eigenvalue weighted by Crippen LogP contribution is -2.43.